The average molecular weight is 418 g/mol. The van der Waals surface area contributed by atoms with E-state index in [2.05, 4.69) is 10.6 Å². The lowest BCUT2D eigenvalue weighted by Crippen LogP contribution is -2.49. The number of carbonyl (C=O) groups is 3. The Morgan fingerprint density at radius 3 is 2.10 bits per heavy atom. The highest BCUT2D eigenvalue weighted by molar-refractivity contribution is 5.92. The molecule has 1 rings (SSSR count). The number of rotatable bonds is 11. The molecule has 0 spiro atoms. The first kappa shape index (κ1) is 25.8. The van der Waals surface area contributed by atoms with Crippen LogP contribution in [0.3, 0.4) is 0 Å². The summed E-state index contributed by atoms with van der Waals surface area (Å²) in [5.74, 6) is -0.268. The molecule has 0 bridgehead atoms. The lowest BCUT2D eigenvalue weighted by molar-refractivity contribution is -0.134. The SMILES string of the molecule is CC(C)(C)NC(Cc1ccccc1)C(=O)CC(CCCNC(N)=O)C(=O)C(C)(C)C. The van der Waals surface area contributed by atoms with E-state index in [1.54, 1.807) is 0 Å². The molecule has 1 aromatic rings. The van der Waals surface area contributed by atoms with Crippen LogP contribution in [0.25, 0.3) is 0 Å². The zero-order valence-electron chi connectivity index (χ0n) is 19.4. The molecule has 2 amide bonds. The Labute approximate surface area is 181 Å². The maximum absolute atomic E-state index is 13.3. The van der Waals surface area contributed by atoms with E-state index in [9.17, 15) is 14.4 Å². The molecule has 0 aliphatic rings. The van der Waals surface area contributed by atoms with Crippen molar-refractivity contribution < 1.29 is 14.4 Å². The summed E-state index contributed by atoms with van der Waals surface area (Å²) in [6, 6.07) is 8.96. The van der Waals surface area contributed by atoms with Gasteiger partial charge in [0, 0.05) is 29.8 Å². The monoisotopic (exact) mass is 417 g/mol. The maximum Gasteiger partial charge on any atom is 0.312 e. The smallest absolute Gasteiger partial charge is 0.312 e. The van der Waals surface area contributed by atoms with Crippen molar-refractivity contribution in [1.29, 1.82) is 0 Å². The number of nitrogens with two attached hydrogens (primary N) is 1. The van der Waals surface area contributed by atoms with Crippen molar-refractivity contribution in [2.75, 3.05) is 6.54 Å². The summed E-state index contributed by atoms with van der Waals surface area (Å²) in [6.45, 7) is 12.1. The first-order chi connectivity index (χ1) is 13.8. The molecule has 0 heterocycles. The molecule has 0 radical (unpaired) electrons. The van der Waals surface area contributed by atoms with Gasteiger partial charge in [0.1, 0.15) is 5.78 Å². The van der Waals surface area contributed by atoms with Crippen LogP contribution in [-0.2, 0) is 16.0 Å². The predicted molar refractivity (Wildman–Crippen MR) is 121 cm³/mol. The number of hydrogen-bond donors (Lipinski definition) is 3. The quantitative estimate of drug-likeness (QED) is 0.479. The van der Waals surface area contributed by atoms with E-state index >= 15 is 0 Å². The predicted octanol–water partition coefficient (Wildman–Crippen LogP) is 3.62. The zero-order valence-corrected chi connectivity index (χ0v) is 19.4. The van der Waals surface area contributed by atoms with Crippen molar-refractivity contribution in [3.63, 3.8) is 0 Å². The van der Waals surface area contributed by atoms with Gasteiger partial charge in [-0.25, -0.2) is 4.79 Å². The Kier molecular flexibility index (Phi) is 9.69. The van der Waals surface area contributed by atoms with E-state index < -0.39 is 11.4 Å². The Morgan fingerprint density at radius 2 is 1.60 bits per heavy atom. The van der Waals surface area contributed by atoms with Gasteiger partial charge in [0.05, 0.1) is 6.04 Å². The summed E-state index contributed by atoms with van der Waals surface area (Å²) in [5, 5.41) is 5.98. The second-order valence-electron chi connectivity index (χ2n) is 10.1. The second-order valence-corrected chi connectivity index (χ2v) is 10.1. The van der Waals surface area contributed by atoms with Crippen molar-refractivity contribution in [2.45, 2.75) is 78.8 Å². The molecule has 6 nitrogen and oxygen atoms in total. The molecule has 1 aromatic carbocycles. The minimum atomic E-state index is -0.581. The van der Waals surface area contributed by atoms with Crippen molar-refractivity contribution >= 4 is 17.6 Å². The molecule has 6 heteroatoms. The van der Waals surface area contributed by atoms with Gasteiger partial charge in [-0.3, -0.25) is 9.59 Å². The standard InChI is InChI=1S/C24H39N3O3/c1-23(2,3)21(29)18(13-10-14-26-22(25)30)16-20(28)19(27-24(4,5)6)15-17-11-8-7-9-12-17/h7-9,11-12,18-19,27H,10,13-16H2,1-6H3,(H3,25,26,30). The van der Waals surface area contributed by atoms with Gasteiger partial charge in [0.15, 0.2) is 5.78 Å². The summed E-state index contributed by atoms with van der Waals surface area (Å²) in [7, 11) is 0. The van der Waals surface area contributed by atoms with Crippen LogP contribution in [0.1, 0.15) is 66.4 Å². The van der Waals surface area contributed by atoms with Crippen LogP contribution in [0.15, 0.2) is 30.3 Å². The van der Waals surface area contributed by atoms with E-state index in [-0.39, 0.29) is 35.5 Å². The van der Waals surface area contributed by atoms with Gasteiger partial charge < -0.3 is 16.4 Å². The first-order valence-electron chi connectivity index (χ1n) is 10.7. The first-order valence-corrected chi connectivity index (χ1v) is 10.7. The lowest BCUT2D eigenvalue weighted by atomic mass is 9.78. The molecular formula is C24H39N3O3. The average Bonchev–Trinajstić information content (AvgIpc) is 2.61. The molecule has 0 saturated heterocycles. The van der Waals surface area contributed by atoms with Crippen molar-refractivity contribution in [1.82, 2.24) is 10.6 Å². The van der Waals surface area contributed by atoms with Gasteiger partial charge in [-0.2, -0.15) is 0 Å². The largest absolute Gasteiger partial charge is 0.352 e. The second kappa shape index (κ2) is 11.3. The minimum Gasteiger partial charge on any atom is -0.352 e. The van der Waals surface area contributed by atoms with Crippen LogP contribution < -0.4 is 16.4 Å². The summed E-state index contributed by atoms with van der Waals surface area (Å²) in [6.07, 6.45) is 1.90. The highest BCUT2D eigenvalue weighted by atomic mass is 16.2. The molecule has 30 heavy (non-hydrogen) atoms. The molecule has 0 saturated carbocycles. The van der Waals surface area contributed by atoms with Crippen molar-refractivity contribution in [3.05, 3.63) is 35.9 Å². The van der Waals surface area contributed by atoms with Gasteiger partial charge in [0.25, 0.3) is 0 Å². The summed E-state index contributed by atoms with van der Waals surface area (Å²) < 4.78 is 0. The Morgan fingerprint density at radius 1 is 1.00 bits per heavy atom. The van der Waals surface area contributed by atoms with Crippen molar-refractivity contribution in [2.24, 2.45) is 17.1 Å². The summed E-state index contributed by atoms with van der Waals surface area (Å²) >= 11 is 0. The van der Waals surface area contributed by atoms with Gasteiger partial charge in [0.2, 0.25) is 0 Å². The van der Waals surface area contributed by atoms with Crippen LogP contribution in [0.2, 0.25) is 0 Å². The van der Waals surface area contributed by atoms with Crippen LogP contribution >= 0.6 is 0 Å². The lowest BCUT2D eigenvalue weighted by Gasteiger charge is -2.30. The molecule has 168 valence electrons. The fourth-order valence-corrected chi connectivity index (χ4v) is 3.50. The van der Waals surface area contributed by atoms with Crippen molar-refractivity contribution in [3.8, 4) is 0 Å². The summed E-state index contributed by atoms with van der Waals surface area (Å²) in [5.41, 5.74) is 5.43. The minimum absolute atomic E-state index is 0.0410. The number of amides is 2. The number of Topliss-reactive ketones (excluding diaryl/α,β-unsaturated/α-hetero) is 2. The van der Waals surface area contributed by atoms with Crippen LogP contribution in [0, 0.1) is 11.3 Å². The van der Waals surface area contributed by atoms with Gasteiger partial charge in [-0.1, -0.05) is 51.1 Å². The molecular weight excluding hydrogens is 378 g/mol. The molecule has 2 unspecified atom stereocenters. The fraction of sp³-hybridized carbons (Fsp3) is 0.625. The maximum atomic E-state index is 13.3. The Bertz CT molecular complexity index is 703. The number of benzene rings is 1. The Hall–Kier alpha value is -2.21. The molecule has 0 aliphatic heterocycles. The molecule has 0 aliphatic carbocycles. The molecule has 2 atom stereocenters. The van der Waals surface area contributed by atoms with Gasteiger partial charge in [-0.05, 0) is 45.6 Å². The Balaban J connectivity index is 2.95. The van der Waals surface area contributed by atoms with Gasteiger partial charge >= 0.3 is 6.03 Å². The number of carbonyl (C=O) groups excluding carboxylic acids is 3. The molecule has 0 fully saturated rings. The van der Waals surface area contributed by atoms with Gasteiger partial charge in [-0.15, -0.1) is 0 Å². The normalized spacial score (nSPS) is 14.1. The number of nitrogens with one attached hydrogen (secondary N) is 2. The topological polar surface area (TPSA) is 101 Å². The zero-order chi connectivity index (χ0) is 22.9. The van der Waals surface area contributed by atoms with Crippen LogP contribution in [0.5, 0.6) is 0 Å². The van der Waals surface area contributed by atoms with E-state index in [0.717, 1.165) is 5.56 Å². The third-order valence-corrected chi connectivity index (χ3v) is 4.86. The molecule has 4 N–H and O–H groups in total. The van der Waals surface area contributed by atoms with E-state index in [0.29, 0.717) is 25.8 Å². The number of hydrogen-bond acceptors (Lipinski definition) is 4. The number of urea groups is 1. The van der Waals surface area contributed by atoms with E-state index in [1.807, 2.05) is 71.9 Å². The van der Waals surface area contributed by atoms with Crippen LogP contribution in [-0.4, -0.2) is 35.7 Å². The third kappa shape index (κ3) is 10.0. The summed E-state index contributed by atoms with van der Waals surface area (Å²) in [4.78, 5) is 37.2. The molecule has 0 aromatic heterocycles. The fourth-order valence-electron chi connectivity index (χ4n) is 3.50. The number of primary amides is 1. The van der Waals surface area contributed by atoms with E-state index in [1.165, 1.54) is 0 Å². The third-order valence-electron chi connectivity index (χ3n) is 4.86. The number of ketones is 2. The van der Waals surface area contributed by atoms with Crippen LogP contribution in [0.4, 0.5) is 4.79 Å². The highest BCUT2D eigenvalue weighted by Gasteiger charge is 2.33. The van der Waals surface area contributed by atoms with E-state index in [4.69, 9.17) is 5.73 Å². The highest BCUT2D eigenvalue weighted by Crippen LogP contribution is 2.26.